The minimum Gasteiger partial charge on any atom is -0.467 e. The lowest BCUT2D eigenvalue weighted by Gasteiger charge is -2.28. The largest absolute Gasteiger partial charge is 0.467 e. The number of nitrogen functional groups attached to an aromatic ring is 1. The van der Waals surface area contributed by atoms with Crippen LogP contribution in [0.4, 0.5) is 5.82 Å². The molecule has 194 valence electrons. The summed E-state index contributed by atoms with van der Waals surface area (Å²) in [6, 6.07) is 13.1. The molecule has 5 rings (SSSR count). The second-order valence-electron chi connectivity index (χ2n) is 9.72. The van der Waals surface area contributed by atoms with Crippen molar-refractivity contribution in [1.29, 1.82) is 0 Å². The van der Waals surface area contributed by atoms with Crippen LogP contribution in [0.15, 0.2) is 48.7 Å². The van der Waals surface area contributed by atoms with Crippen molar-refractivity contribution < 1.29 is 9.53 Å². The Labute approximate surface area is 227 Å². The van der Waals surface area contributed by atoms with Crippen molar-refractivity contribution in [2.24, 2.45) is 0 Å². The Morgan fingerprint density at radius 3 is 2.49 bits per heavy atom. The number of anilines is 1. The number of carbonyl (C=O) groups excluding carboxylic acids is 1. The fourth-order valence-electron chi connectivity index (χ4n) is 5.24. The summed E-state index contributed by atoms with van der Waals surface area (Å²) < 4.78 is 6.02. The summed E-state index contributed by atoms with van der Waals surface area (Å²) in [6.07, 6.45) is 5.76. The van der Waals surface area contributed by atoms with E-state index >= 15 is 0 Å². The molecule has 2 aliphatic rings. The smallest absolute Gasteiger partial charge is 0.258 e. The molecule has 2 saturated heterocycles. The van der Waals surface area contributed by atoms with Gasteiger partial charge in [0.1, 0.15) is 6.10 Å². The third kappa shape index (κ3) is 5.69. The van der Waals surface area contributed by atoms with Crippen molar-refractivity contribution in [3.63, 3.8) is 0 Å². The standard InChI is InChI=1S/C28H31Cl2N5O2/c1-18(25-22(29)7-4-8-23(25)30)37-27-26(31)32-16-24(33-27)19-9-11-20(12-10-19)28(36)35-15-5-6-21(35)17-34-13-2-3-14-34/h4,7-12,16,18,21H,2-3,5-6,13-15,17H2,1H3,(H2,31,32)/t18?,21-/m1/s1. The van der Waals surface area contributed by atoms with Crippen LogP contribution in [0.25, 0.3) is 11.3 Å². The van der Waals surface area contributed by atoms with Gasteiger partial charge in [0.25, 0.3) is 11.8 Å². The molecular formula is C28H31Cl2N5O2. The average molecular weight is 540 g/mol. The lowest BCUT2D eigenvalue weighted by atomic mass is 10.1. The van der Waals surface area contributed by atoms with E-state index in [-0.39, 0.29) is 17.6 Å². The van der Waals surface area contributed by atoms with E-state index in [2.05, 4.69) is 14.9 Å². The number of amides is 1. The van der Waals surface area contributed by atoms with Gasteiger partial charge < -0.3 is 20.3 Å². The summed E-state index contributed by atoms with van der Waals surface area (Å²) in [5, 5.41) is 1.01. The van der Waals surface area contributed by atoms with Crippen LogP contribution in [0, 0.1) is 0 Å². The maximum Gasteiger partial charge on any atom is 0.258 e. The predicted molar refractivity (Wildman–Crippen MR) is 147 cm³/mol. The summed E-state index contributed by atoms with van der Waals surface area (Å²) in [4.78, 5) is 26.7. The number of hydrogen-bond donors (Lipinski definition) is 1. The molecule has 0 saturated carbocycles. The molecule has 0 radical (unpaired) electrons. The van der Waals surface area contributed by atoms with Crippen LogP contribution in [0.2, 0.25) is 10.0 Å². The predicted octanol–water partition coefficient (Wildman–Crippen LogP) is 5.87. The second-order valence-corrected chi connectivity index (χ2v) is 10.5. The number of hydrogen-bond acceptors (Lipinski definition) is 6. The highest BCUT2D eigenvalue weighted by Crippen LogP contribution is 2.34. The summed E-state index contributed by atoms with van der Waals surface area (Å²) in [7, 11) is 0. The van der Waals surface area contributed by atoms with E-state index in [0.29, 0.717) is 32.9 Å². The summed E-state index contributed by atoms with van der Waals surface area (Å²) >= 11 is 12.7. The van der Waals surface area contributed by atoms with Crippen LogP contribution in [-0.4, -0.2) is 57.9 Å². The Morgan fingerprint density at radius 2 is 1.78 bits per heavy atom. The number of ether oxygens (including phenoxy) is 1. The van der Waals surface area contributed by atoms with E-state index in [1.54, 1.807) is 24.4 Å². The molecule has 1 unspecified atom stereocenters. The first kappa shape index (κ1) is 25.8. The molecule has 3 heterocycles. The maximum atomic E-state index is 13.3. The molecule has 2 N–H and O–H groups in total. The molecule has 2 aromatic carbocycles. The van der Waals surface area contributed by atoms with Gasteiger partial charge in [0.15, 0.2) is 5.82 Å². The fraction of sp³-hybridized carbons (Fsp3) is 0.393. The van der Waals surface area contributed by atoms with Crippen molar-refractivity contribution in [2.45, 2.75) is 44.8 Å². The van der Waals surface area contributed by atoms with Crippen molar-refractivity contribution in [3.05, 3.63) is 69.8 Å². The quantitative estimate of drug-likeness (QED) is 0.404. The van der Waals surface area contributed by atoms with Crippen molar-refractivity contribution in [3.8, 4) is 17.1 Å². The molecule has 7 nitrogen and oxygen atoms in total. The molecule has 0 bridgehead atoms. The van der Waals surface area contributed by atoms with Gasteiger partial charge in [-0.1, -0.05) is 41.4 Å². The topological polar surface area (TPSA) is 84.6 Å². The van der Waals surface area contributed by atoms with E-state index in [1.807, 2.05) is 36.1 Å². The van der Waals surface area contributed by atoms with Crippen LogP contribution in [0.3, 0.4) is 0 Å². The van der Waals surface area contributed by atoms with E-state index < -0.39 is 6.10 Å². The first-order valence-electron chi connectivity index (χ1n) is 12.8. The Hall–Kier alpha value is -2.87. The minimum atomic E-state index is -0.484. The normalized spacial score (nSPS) is 18.8. The van der Waals surface area contributed by atoms with Gasteiger partial charge in [-0.05, 0) is 70.0 Å². The van der Waals surface area contributed by atoms with E-state index in [9.17, 15) is 4.79 Å². The van der Waals surface area contributed by atoms with Crippen molar-refractivity contribution in [1.82, 2.24) is 19.8 Å². The zero-order valence-electron chi connectivity index (χ0n) is 20.9. The SMILES string of the molecule is CC(Oc1nc(-c2ccc(C(=O)N3CCC[C@@H]3CN3CCCC3)cc2)cnc1N)c1c(Cl)cccc1Cl. The van der Waals surface area contributed by atoms with Crippen LogP contribution in [-0.2, 0) is 0 Å². The molecule has 37 heavy (non-hydrogen) atoms. The molecular weight excluding hydrogens is 509 g/mol. The Balaban J connectivity index is 1.30. The highest BCUT2D eigenvalue weighted by Gasteiger charge is 2.31. The lowest BCUT2D eigenvalue weighted by Crippen LogP contribution is -2.42. The number of benzene rings is 2. The number of nitrogens with two attached hydrogens (primary N) is 1. The number of rotatable bonds is 7. The Kier molecular flexibility index (Phi) is 7.84. The third-order valence-corrected chi connectivity index (χ3v) is 7.85. The van der Waals surface area contributed by atoms with E-state index in [4.69, 9.17) is 33.7 Å². The molecule has 2 aliphatic heterocycles. The van der Waals surface area contributed by atoms with Gasteiger partial charge in [0, 0.05) is 45.9 Å². The second kappa shape index (κ2) is 11.3. The summed E-state index contributed by atoms with van der Waals surface area (Å²) in [5.74, 6) is 0.456. The highest BCUT2D eigenvalue weighted by atomic mass is 35.5. The average Bonchev–Trinajstić information content (AvgIpc) is 3.58. The van der Waals surface area contributed by atoms with Gasteiger partial charge >= 0.3 is 0 Å². The molecule has 2 fully saturated rings. The monoisotopic (exact) mass is 539 g/mol. The maximum absolute atomic E-state index is 13.3. The van der Waals surface area contributed by atoms with Gasteiger partial charge in [-0.2, -0.15) is 0 Å². The zero-order chi connectivity index (χ0) is 25.9. The zero-order valence-corrected chi connectivity index (χ0v) is 22.4. The van der Waals surface area contributed by atoms with Crippen LogP contribution in [0.1, 0.15) is 54.6 Å². The molecule has 9 heteroatoms. The Bertz CT molecular complexity index is 1240. The van der Waals surface area contributed by atoms with Gasteiger partial charge in [-0.3, -0.25) is 4.79 Å². The first-order chi connectivity index (χ1) is 17.9. The molecule has 1 aromatic heterocycles. The minimum absolute atomic E-state index is 0.0890. The van der Waals surface area contributed by atoms with Gasteiger partial charge in [0.2, 0.25) is 0 Å². The summed E-state index contributed by atoms with van der Waals surface area (Å²) in [6.45, 7) is 5.91. The third-order valence-electron chi connectivity index (χ3n) is 7.19. The van der Waals surface area contributed by atoms with Crippen LogP contribution in [0.5, 0.6) is 5.88 Å². The van der Waals surface area contributed by atoms with Gasteiger partial charge in [-0.25, -0.2) is 9.97 Å². The van der Waals surface area contributed by atoms with Gasteiger partial charge in [0.05, 0.1) is 11.9 Å². The number of nitrogens with zero attached hydrogens (tertiary/aromatic N) is 4. The van der Waals surface area contributed by atoms with Crippen molar-refractivity contribution >= 4 is 34.9 Å². The van der Waals surface area contributed by atoms with Crippen LogP contribution < -0.4 is 10.5 Å². The molecule has 1 amide bonds. The number of halogens is 2. The van der Waals surface area contributed by atoms with E-state index in [1.165, 1.54) is 12.8 Å². The van der Waals surface area contributed by atoms with Crippen LogP contribution >= 0.6 is 23.2 Å². The molecule has 0 aliphatic carbocycles. The summed E-state index contributed by atoms with van der Waals surface area (Å²) in [5.41, 5.74) is 8.80. The highest BCUT2D eigenvalue weighted by molar-refractivity contribution is 6.36. The molecule has 0 spiro atoms. The van der Waals surface area contributed by atoms with Crippen molar-refractivity contribution in [2.75, 3.05) is 31.9 Å². The molecule has 3 aromatic rings. The van der Waals surface area contributed by atoms with E-state index in [0.717, 1.165) is 44.6 Å². The van der Waals surface area contributed by atoms with Gasteiger partial charge in [-0.15, -0.1) is 0 Å². The Morgan fingerprint density at radius 1 is 1.08 bits per heavy atom. The molecule has 2 atom stereocenters. The lowest BCUT2D eigenvalue weighted by molar-refractivity contribution is 0.0709. The first-order valence-corrected chi connectivity index (χ1v) is 13.5. The number of aromatic nitrogens is 2. The number of likely N-dealkylation sites (tertiary alicyclic amines) is 2. The number of carbonyl (C=O) groups is 1. The fourth-order valence-corrected chi connectivity index (χ4v) is 5.94.